The minimum atomic E-state index is 0.660. The molecule has 0 saturated carbocycles. The highest BCUT2D eigenvalue weighted by atomic mass is 16.5. The van der Waals surface area contributed by atoms with E-state index in [1.807, 2.05) is 60.7 Å². The number of carbonyl (C=O) groups excluding carboxylic acids is 1. The Labute approximate surface area is 170 Å². The van der Waals surface area contributed by atoms with Crippen molar-refractivity contribution in [3.05, 3.63) is 60.7 Å². The minimum absolute atomic E-state index is 0.660. The molecule has 1 fully saturated rings. The van der Waals surface area contributed by atoms with Gasteiger partial charge >= 0.3 is 0 Å². The first-order valence-corrected chi connectivity index (χ1v) is 9.55. The molecule has 7 nitrogen and oxygen atoms in total. The Morgan fingerprint density at radius 3 is 2.34 bits per heavy atom. The normalized spacial score (nSPS) is 13.8. The lowest BCUT2D eigenvalue weighted by atomic mass is 10.1. The van der Waals surface area contributed by atoms with Crippen LogP contribution in [0.1, 0.15) is 0 Å². The van der Waals surface area contributed by atoms with E-state index in [0.717, 1.165) is 34.9 Å². The number of hydrogen-bond donors (Lipinski definition) is 1. The van der Waals surface area contributed by atoms with E-state index in [4.69, 9.17) is 14.7 Å². The summed E-state index contributed by atoms with van der Waals surface area (Å²) in [7, 11) is 1.65. The number of anilines is 3. The number of carbonyl (C=O) groups is 1. The van der Waals surface area contributed by atoms with Gasteiger partial charge in [0.2, 0.25) is 12.4 Å². The Hall–Kier alpha value is -3.61. The van der Waals surface area contributed by atoms with Crippen LogP contribution >= 0.6 is 0 Å². The molecule has 0 unspecified atom stereocenters. The van der Waals surface area contributed by atoms with E-state index in [1.54, 1.807) is 12.0 Å². The SMILES string of the molecule is COc1ccc(Nc2cc(-c3ccccc3)nc(N3CCN(C=O)CC3)n2)cc1. The first-order chi connectivity index (χ1) is 14.2. The van der Waals surface area contributed by atoms with Crippen molar-refractivity contribution in [3.8, 4) is 17.0 Å². The third kappa shape index (κ3) is 4.45. The van der Waals surface area contributed by atoms with Crippen molar-refractivity contribution in [1.29, 1.82) is 0 Å². The van der Waals surface area contributed by atoms with Crippen LogP contribution in [0.5, 0.6) is 5.75 Å². The molecule has 2 aromatic carbocycles. The van der Waals surface area contributed by atoms with Gasteiger partial charge in [-0.25, -0.2) is 4.98 Å². The molecule has 1 aliphatic rings. The minimum Gasteiger partial charge on any atom is -0.497 e. The van der Waals surface area contributed by atoms with Crippen LogP contribution < -0.4 is 15.0 Å². The number of piperazine rings is 1. The van der Waals surface area contributed by atoms with E-state index in [0.29, 0.717) is 32.1 Å². The lowest BCUT2D eigenvalue weighted by Gasteiger charge is -2.32. The van der Waals surface area contributed by atoms with Crippen molar-refractivity contribution in [2.45, 2.75) is 0 Å². The van der Waals surface area contributed by atoms with E-state index < -0.39 is 0 Å². The van der Waals surface area contributed by atoms with Gasteiger partial charge in [0, 0.05) is 43.5 Å². The second-order valence-electron chi connectivity index (χ2n) is 6.79. The molecule has 1 aliphatic heterocycles. The van der Waals surface area contributed by atoms with Gasteiger partial charge in [0.15, 0.2) is 0 Å². The van der Waals surface area contributed by atoms with Crippen molar-refractivity contribution in [2.75, 3.05) is 43.5 Å². The topological polar surface area (TPSA) is 70.6 Å². The zero-order chi connectivity index (χ0) is 20.1. The van der Waals surface area contributed by atoms with Crippen molar-refractivity contribution in [2.24, 2.45) is 0 Å². The van der Waals surface area contributed by atoms with Crippen LogP contribution in [-0.4, -0.2) is 54.6 Å². The first kappa shape index (κ1) is 18.7. The van der Waals surface area contributed by atoms with Crippen molar-refractivity contribution < 1.29 is 9.53 Å². The quantitative estimate of drug-likeness (QED) is 0.653. The molecule has 3 aromatic rings. The zero-order valence-electron chi connectivity index (χ0n) is 16.3. The van der Waals surface area contributed by atoms with Crippen molar-refractivity contribution in [3.63, 3.8) is 0 Å². The summed E-state index contributed by atoms with van der Waals surface area (Å²) in [6.07, 6.45) is 0.898. The summed E-state index contributed by atoms with van der Waals surface area (Å²) < 4.78 is 5.22. The second kappa shape index (κ2) is 8.60. The number of nitrogens with zero attached hydrogens (tertiary/aromatic N) is 4. The summed E-state index contributed by atoms with van der Waals surface area (Å²) in [6, 6.07) is 19.7. The second-order valence-corrected chi connectivity index (χ2v) is 6.79. The van der Waals surface area contributed by atoms with Crippen molar-refractivity contribution >= 4 is 23.9 Å². The van der Waals surface area contributed by atoms with Gasteiger partial charge in [0.1, 0.15) is 11.6 Å². The Morgan fingerprint density at radius 2 is 1.69 bits per heavy atom. The van der Waals surface area contributed by atoms with E-state index in [2.05, 4.69) is 10.2 Å². The van der Waals surface area contributed by atoms with E-state index in [-0.39, 0.29) is 0 Å². The van der Waals surface area contributed by atoms with Crippen molar-refractivity contribution in [1.82, 2.24) is 14.9 Å². The van der Waals surface area contributed by atoms with Crippen LogP contribution in [0.25, 0.3) is 11.3 Å². The standard InChI is InChI=1S/C22H23N5O2/c1-29-19-9-7-18(8-10-19)23-21-15-20(17-5-3-2-4-6-17)24-22(25-21)27-13-11-26(16-28)12-14-27/h2-10,15-16H,11-14H2,1H3,(H,23,24,25). The largest absolute Gasteiger partial charge is 0.497 e. The zero-order valence-corrected chi connectivity index (χ0v) is 16.3. The molecule has 0 bridgehead atoms. The lowest BCUT2D eigenvalue weighted by molar-refractivity contribution is -0.118. The molecule has 7 heteroatoms. The predicted octanol–water partition coefficient (Wildman–Crippen LogP) is 3.17. The summed E-state index contributed by atoms with van der Waals surface area (Å²) in [4.78, 5) is 24.4. The van der Waals surface area contributed by atoms with Crippen LogP contribution in [0.3, 0.4) is 0 Å². The number of nitrogens with one attached hydrogen (secondary N) is 1. The van der Waals surface area contributed by atoms with Gasteiger partial charge in [-0.15, -0.1) is 0 Å². The van der Waals surface area contributed by atoms with Gasteiger partial charge < -0.3 is 19.9 Å². The molecule has 0 aliphatic carbocycles. The maximum absolute atomic E-state index is 11.0. The van der Waals surface area contributed by atoms with Gasteiger partial charge in [-0.05, 0) is 24.3 Å². The number of amides is 1. The smallest absolute Gasteiger partial charge is 0.228 e. The fourth-order valence-electron chi connectivity index (χ4n) is 3.25. The highest BCUT2D eigenvalue weighted by Crippen LogP contribution is 2.26. The number of benzene rings is 2. The molecule has 1 amide bonds. The van der Waals surface area contributed by atoms with Gasteiger partial charge in [0.25, 0.3) is 0 Å². The number of aromatic nitrogens is 2. The number of rotatable bonds is 6. The van der Waals surface area contributed by atoms with Gasteiger partial charge in [-0.1, -0.05) is 30.3 Å². The molecule has 1 N–H and O–H groups in total. The Morgan fingerprint density at radius 1 is 0.966 bits per heavy atom. The Kier molecular flexibility index (Phi) is 5.56. The number of hydrogen-bond acceptors (Lipinski definition) is 6. The molecule has 4 rings (SSSR count). The van der Waals surface area contributed by atoms with Gasteiger partial charge in [-0.3, -0.25) is 4.79 Å². The molecule has 29 heavy (non-hydrogen) atoms. The predicted molar refractivity (Wildman–Crippen MR) is 114 cm³/mol. The average molecular weight is 389 g/mol. The maximum Gasteiger partial charge on any atom is 0.228 e. The summed E-state index contributed by atoms with van der Waals surface area (Å²) in [5.41, 5.74) is 2.80. The molecular weight excluding hydrogens is 366 g/mol. The molecule has 2 heterocycles. The maximum atomic E-state index is 11.0. The third-order valence-electron chi connectivity index (χ3n) is 4.89. The summed E-state index contributed by atoms with van der Waals surface area (Å²) in [6.45, 7) is 2.76. The fourth-order valence-corrected chi connectivity index (χ4v) is 3.25. The molecule has 0 spiro atoms. The summed E-state index contributed by atoms with van der Waals surface area (Å²) >= 11 is 0. The molecule has 1 aromatic heterocycles. The molecule has 0 atom stereocenters. The van der Waals surface area contributed by atoms with Crippen LogP contribution in [0.15, 0.2) is 60.7 Å². The Bertz CT molecular complexity index is 955. The Balaban J connectivity index is 1.65. The van der Waals surface area contributed by atoms with E-state index >= 15 is 0 Å². The third-order valence-corrected chi connectivity index (χ3v) is 4.89. The number of ether oxygens (including phenoxy) is 1. The average Bonchev–Trinajstić information content (AvgIpc) is 2.80. The van der Waals surface area contributed by atoms with Gasteiger partial charge in [0.05, 0.1) is 12.8 Å². The highest BCUT2D eigenvalue weighted by molar-refractivity contribution is 5.68. The van der Waals surface area contributed by atoms with Crippen LogP contribution in [0.4, 0.5) is 17.5 Å². The van der Waals surface area contributed by atoms with E-state index in [1.165, 1.54) is 0 Å². The molecule has 0 radical (unpaired) electrons. The molecule has 1 saturated heterocycles. The fraction of sp³-hybridized carbons (Fsp3) is 0.227. The lowest BCUT2D eigenvalue weighted by Crippen LogP contribution is -2.46. The monoisotopic (exact) mass is 389 g/mol. The first-order valence-electron chi connectivity index (χ1n) is 9.55. The molecule has 148 valence electrons. The van der Waals surface area contributed by atoms with Gasteiger partial charge in [-0.2, -0.15) is 4.98 Å². The van der Waals surface area contributed by atoms with Crippen LogP contribution in [0.2, 0.25) is 0 Å². The number of methoxy groups -OCH3 is 1. The van der Waals surface area contributed by atoms with Crippen LogP contribution in [-0.2, 0) is 4.79 Å². The summed E-state index contributed by atoms with van der Waals surface area (Å²) in [5.74, 6) is 2.18. The summed E-state index contributed by atoms with van der Waals surface area (Å²) in [5, 5.41) is 3.36. The van der Waals surface area contributed by atoms with E-state index in [9.17, 15) is 4.79 Å². The highest BCUT2D eigenvalue weighted by Gasteiger charge is 2.19. The molecular formula is C22H23N5O2. The van der Waals surface area contributed by atoms with Crippen LogP contribution in [0, 0.1) is 0 Å².